The van der Waals surface area contributed by atoms with Crippen molar-refractivity contribution in [2.24, 2.45) is 0 Å². The molecular weight excluding hydrogens is 370 g/mol. The Kier molecular flexibility index (Phi) is 5.93. The first-order valence-corrected chi connectivity index (χ1v) is 9.10. The van der Waals surface area contributed by atoms with E-state index >= 15 is 0 Å². The zero-order valence-electron chi connectivity index (χ0n) is 16.2. The predicted octanol–water partition coefficient (Wildman–Crippen LogP) is 3.56. The molecule has 0 aliphatic heterocycles. The van der Waals surface area contributed by atoms with Crippen LogP contribution in [0.5, 0.6) is 0 Å². The van der Waals surface area contributed by atoms with Crippen LogP contribution in [0, 0.1) is 6.92 Å². The molecule has 2 aromatic carbocycles. The number of H-pyrrole nitrogens is 1. The van der Waals surface area contributed by atoms with Crippen LogP contribution in [0.4, 0.5) is 0 Å². The highest BCUT2D eigenvalue weighted by Crippen LogP contribution is 2.26. The van der Waals surface area contributed by atoms with E-state index in [4.69, 9.17) is 9.84 Å². The third kappa shape index (κ3) is 4.27. The number of esters is 1. The number of carbonyl (C=O) groups excluding carboxylic acids is 2. The highest BCUT2D eigenvalue weighted by atomic mass is 16.5. The van der Waals surface area contributed by atoms with Crippen molar-refractivity contribution < 1.29 is 24.2 Å². The van der Waals surface area contributed by atoms with Gasteiger partial charge in [-0.3, -0.25) is 9.59 Å². The number of nitrogens with one attached hydrogen (secondary N) is 1. The zero-order chi connectivity index (χ0) is 21.0. The predicted molar refractivity (Wildman–Crippen MR) is 107 cm³/mol. The summed E-state index contributed by atoms with van der Waals surface area (Å²) in [6, 6.07) is 17.0. The van der Waals surface area contributed by atoms with E-state index < -0.39 is 18.4 Å². The molecule has 148 valence electrons. The Morgan fingerprint density at radius 1 is 0.966 bits per heavy atom. The first-order valence-electron chi connectivity index (χ1n) is 9.10. The number of hydrogen-bond donors (Lipinski definition) is 2. The Morgan fingerprint density at radius 2 is 1.62 bits per heavy atom. The first kappa shape index (κ1) is 20.1. The number of rotatable bonds is 7. The van der Waals surface area contributed by atoms with Crippen LogP contribution in [0.25, 0.3) is 0 Å². The number of ketones is 1. The summed E-state index contributed by atoms with van der Waals surface area (Å²) in [6.45, 7) is 1.64. The Bertz CT molecular complexity index is 1070. The Morgan fingerprint density at radius 3 is 2.28 bits per heavy atom. The van der Waals surface area contributed by atoms with Crippen LogP contribution in [0.1, 0.15) is 48.8 Å². The second-order valence-electron chi connectivity index (χ2n) is 6.69. The molecule has 0 aliphatic rings. The van der Waals surface area contributed by atoms with Gasteiger partial charge in [-0.15, -0.1) is 0 Å². The van der Waals surface area contributed by atoms with E-state index in [-0.39, 0.29) is 22.6 Å². The van der Waals surface area contributed by atoms with Gasteiger partial charge >= 0.3 is 11.9 Å². The average molecular weight is 391 g/mol. The van der Waals surface area contributed by atoms with E-state index in [0.29, 0.717) is 17.7 Å². The molecular formula is C23H21NO5. The number of ether oxygens (including phenoxy) is 1. The second-order valence-corrected chi connectivity index (χ2v) is 6.69. The Balaban J connectivity index is 2.09. The maximum Gasteiger partial charge on any atom is 0.340 e. The van der Waals surface area contributed by atoms with Crippen molar-refractivity contribution >= 4 is 17.7 Å². The quantitative estimate of drug-likeness (QED) is 0.474. The SMILES string of the molecule is COC(=O)c1c(CC(=O)O)[nH]c(C)c1C(=O)c1ccccc1Cc1ccccc1. The van der Waals surface area contributed by atoms with Gasteiger partial charge in [-0.05, 0) is 24.5 Å². The third-order valence-corrected chi connectivity index (χ3v) is 4.71. The van der Waals surface area contributed by atoms with Crippen LogP contribution in [0.3, 0.4) is 0 Å². The lowest BCUT2D eigenvalue weighted by Crippen LogP contribution is -2.14. The molecule has 0 fully saturated rings. The minimum Gasteiger partial charge on any atom is -0.481 e. The molecule has 3 rings (SSSR count). The summed E-state index contributed by atoms with van der Waals surface area (Å²) in [4.78, 5) is 39.9. The third-order valence-electron chi connectivity index (χ3n) is 4.71. The molecule has 0 saturated heterocycles. The van der Waals surface area contributed by atoms with Gasteiger partial charge in [0.05, 0.1) is 24.7 Å². The standard InChI is InChI=1S/C23H21NO5/c1-14-20(21(23(28)29-2)18(24-14)13-19(25)26)22(27)17-11-7-6-10-16(17)12-15-8-4-3-5-9-15/h3-11,24H,12-13H2,1-2H3,(H,25,26). The van der Waals surface area contributed by atoms with Crippen LogP contribution in [0.15, 0.2) is 54.6 Å². The number of carbonyl (C=O) groups is 3. The van der Waals surface area contributed by atoms with Gasteiger partial charge in [-0.1, -0.05) is 54.6 Å². The lowest BCUT2D eigenvalue weighted by molar-refractivity contribution is -0.136. The number of carboxylic acid groups (broad SMARTS) is 1. The number of hydrogen-bond acceptors (Lipinski definition) is 4. The van der Waals surface area contributed by atoms with Crippen molar-refractivity contribution in [3.8, 4) is 0 Å². The average Bonchev–Trinajstić information content (AvgIpc) is 3.03. The molecule has 0 spiro atoms. The number of aliphatic carboxylic acids is 1. The number of aryl methyl sites for hydroxylation is 1. The van der Waals surface area contributed by atoms with E-state index in [1.54, 1.807) is 19.1 Å². The van der Waals surface area contributed by atoms with E-state index in [9.17, 15) is 14.4 Å². The van der Waals surface area contributed by atoms with E-state index in [1.807, 2.05) is 42.5 Å². The summed E-state index contributed by atoms with van der Waals surface area (Å²) in [5.74, 6) is -2.20. The van der Waals surface area contributed by atoms with Crippen LogP contribution in [-0.4, -0.2) is 34.9 Å². The summed E-state index contributed by atoms with van der Waals surface area (Å²) < 4.78 is 4.82. The van der Waals surface area contributed by atoms with E-state index in [2.05, 4.69) is 4.98 Å². The molecule has 2 N–H and O–H groups in total. The summed E-state index contributed by atoms with van der Waals surface area (Å²) in [6.07, 6.45) is 0.145. The minimum absolute atomic E-state index is 0.0214. The second kappa shape index (κ2) is 8.56. The fraction of sp³-hybridized carbons (Fsp3) is 0.174. The zero-order valence-corrected chi connectivity index (χ0v) is 16.2. The summed E-state index contributed by atoms with van der Waals surface area (Å²) >= 11 is 0. The van der Waals surface area contributed by atoms with Crippen molar-refractivity contribution in [2.75, 3.05) is 7.11 Å². The molecule has 0 unspecified atom stereocenters. The molecule has 0 radical (unpaired) electrons. The molecule has 6 nitrogen and oxygen atoms in total. The van der Waals surface area contributed by atoms with Crippen LogP contribution < -0.4 is 0 Å². The molecule has 29 heavy (non-hydrogen) atoms. The van der Waals surface area contributed by atoms with Crippen molar-refractivity contribution in [1.82, 2.24) is 4.98 Å². The van der Waals surface area contributed by atoms with Crippen LogP contribution in [-0.2, 0) is 22.4 Å². The lowest BCUT2D eigenvalue weighted by atomic mass is 9.92. The smallest absolute Gasteiger partial charge is 0.340 e. The maximum atomic E-state index is 13.4. The Labute approximate surface area is 168 Å². The number of aromatic amines is 1. The largest absolute Gasteiger partial charge is 0.481 e. The van der Waals surface area contributed by atoms with Gasteiger partial charge in [-0.2, -0.15) is 0 Å². The number of carboxylic acids is 1. The lowest BCUT2D eigenvalue weighted by Gasteiger charge is -2.10. The summed E-state index contributed by atoms with van der Waals surface area (Å²) in [7, 11) is 1.20. The summed E-state index contributed by atoms with van der Waals surface area (Å²) in [5, 5.41) is 9.15. The molecule has 0 amide bonds. The molecule has 1 heterocycles. The van der Waals surface area contributed by atoms with Gasteiger partial charge in [0.15, 0.2) is 5.78 Å². The topological polar surface area (TPSA) is 96.5 Å². The number of methoxy groups -OCH3 is 1. The molecule has 0 saturated carbocycles. The van der Waals surface area contributed by atoms with Gasteiger partial charge in [-0.25, -0.2) is 4.79 Å². The van der Waals surface area contributed by atoms with Crippen molar-refractivity contribution in [1.29, 1.82) is 0 Å². The fourth-order valence-corrected chi connectivity index (χ4v) is 3.43. The van der Waals surface area contributed by atoms with Gasteiger partial charge in [0.25, 0.3) is 0 Å². The van der Waals surface area contributed by atoms with Gasteiger partial charge in [0.2, 0.25) is 0 Å². The molecule has 1 aromatic heterocycles. The van der Waals surface area contributed by atoms with Crippen LogP contribution >= 0.6 is 0 Å². The molecule has 0 aliphatic carbocycles. The Hall–Kier alpha value is -3.67. The molecule has 6 heteroatoms. The highest BCUT2D eigenvalue weighted by Gasteiger charge is 2.29. The van der Waals surface area contributed by atoms with E-state index in [0.717, 1.165) is 11.1 Å². The number of benzene rings is 2. The fourth-order valence-electron chi connectivity index (χ4n) is 3.43. The summed E-state index contributed by atoms with van der Waals surface area (Å²) in [5.41, 5.74) is 3.05. The minimum atomic E-state index is -1.11. The van der Waals surface area contributed by atoms with E-state index in [1.165, 1.54) is 7.11 Å². The first-order chi connectivity index (χ1) is 13.9. The maximum absolute atomic E-state index is 13.4. The number of aromatic nitrogens is 1. The monoisotopic (exact) mass is 391 g/mol. The molecule has 0 atom stereocenters. The van der Waals surface area contributed by atoms with Crippen molar-refractivity contribution in [2.45, 2.75) is 19.8 Å². The molecule has 3 aromatic rings. The van der Waals surface area contributed by atoms with Crippen LogP contribution in [0.2, 0.25) is 0 Å². The van der Waals surface area contributed by atoms with Crippen molar-refractivity contribution in [3.05, 3.63) is 93.8 Å². The van der Waals surface area contributed by atoms with Crippen molar-refractivity contribution in [3.63, 3.8) is 0 Å². The van der Waals surface area contributed by atoms with Gasteiger partial charge in [0, 0.05) is 17.0 Å². The van der Waals surface area contributed by atoms with Gasteiger partial charge in [0.1, 0.15) is 0 Å². The normalized spacial score (nSPS) is 10.6. The van der Waals surface area contributed by atoms with Gasteiger partial charge < -0.3 is 14.8 Å². The highest BCUT2D eigenvalue weighted by molar-refractivity contribution is 6.16. The molecule has 0 bridgehead atoms.